The maximum Gasteiger partial charge on any atom is 0.410 e. The Hall–Kier alpha value is -1.37. The third-order valence-electron chi connectivity index (χ3n) is 3.38. The molecule has 1 fully saturated rings. The Morgan fingerprint density at radius 1 is 1.62 bits per heavy atom. The van der Waals surface area contributed by atoms with Crippen LogP contribution in [-0.4, -0.2) is 44.8 Å². The molecule has 6 nitrogen and oxygen atoms in total. The molecule has 0 aromatic carbocycles. The molecule has 0 bridgehead atoms. The minimum Gasteiger partial charge on any atom is -0.444 e. The number of rotatable bonds is 4. The Balaban J connectivity index is 1.88. The maximum absolute atomic E-state index is 12.2. The molecule has 1 N–H and O–H groups in total. The summed E-state index contributed by atoms with van der Waals surface area (Å²) >= 11 is 1.35. The first-order chi connectivity index (χ1) is 9.85. The molecule has 1 aliphatic heterocycles. The average molecular weight is 312 g/mol. The number of hydrogen-bond donors (Lipinski definition) is 1. The molecule has 0 spiro atoms. The zero-order valence-corrected chi connectivity index (χ0v) is 13.9. The molecular weight excluding hydrogens is 288 g/mol. The fourth-order valence-corrected chi connectivity index (χ4v) is 3.11. The van der Waals surface area contributed by atoms with Gasteiger partial charge in [0.15, 0.2) is 0 Å². The molecule has 1 saturated heterocycles. The molecule has 0 aliphatic carbocycles. The molecule has 118 valence electrons. The highest BCUT2D eigenvalue weighted by molar-refractivity contribution is 7.09. The number of aromatic nitrogens is 2. The van der Waals surface area contributed by atoms with Gasteiger partial charge >= 0.3 is 6.09 Å². The number of amides is 1. The predicted molar refractivity (Wildman–Crippen MR) is 83.6 cm³/mol. The van der Waals surface area contributed by atoms with E-state index in [9.17, 15) is 4.79 Å². The van der Waals surface area contributed by atoms with Crippen LogP contribution in [0.1, 0.15) is 47.0 Å². The van der Waals surface area contributed by atoms with Gasteiger partial charge in [-0.05, 0) is 47.0 Å². The lowest BCUT2D eigenvalue weighted by Crippen LogP contribution is -2.41. The fourth-order valence-electron chi connectivity index (χ4n) is 2.58. The summed E-state index contributed by atoms with van der Waals surface area (Å²) in [4.78, 5) is 14.1. The highest BCUT2D eigenvalue weighted by atomic mass is 32.1. The number of anilines is 1. The summed E-state index contributed by atoms with van der Waals surface area (Å²) in [5, 5.41) is 8.15. The van der Waals surface area contributed by atoms with Gasteiger partial charge in [0, 0.05) is 30.2 Å². The Labute approximate surface area is 130 Å². The highest BCUT2D eigenvalue weighted by Crippen LogP contribution is 2.25. The average Bonchev–Trinajstić information content (AvgIpc) is 2.97. The van der Waals surface area contributed by atoms with Gasteiger partial charge in [-0.1, -0.05) is 4.49 Å². The van der Waals surface area contributed by atoms with E-state index in [1.807, 2.05) is 25.7 Å². The number of nitrogens with one attached hydrogen (secondary N) is 1. The summed E-state index contributed by atoms with van der Waals surface area (Å²) in [5.74, 6) is 0. The monoisotopic (exact) mass is 312 g/mol. The molecule has 7 heteroatoms. The van der Waals surface area contributed by atoms with E-state index in [4.69, 9.17) is 4.74 Å². The second-order valence-electron chi connectivity index (χ2n) is 6.53. The number of likely N-dealkylation sites (tertiary alicyclic amines) is 1. The number of carbonyl (C=O) groups is 1. The second kappa shape index (κ2) is 6.60. The van der Waals surface area contributed by atoms with Crippen molar-refractivity contribution in [2.75, 3.05) is 11.9 Å². The van der Waals surface area contributed by atoms with Crippen LogP contribution in [0, 0.1) is 0 Å². The van der Waals surface area contributed by atoms with Crippen molar-refractivity contribution < 1.29 is 9.53 Å². The van der Waals surface area contributed by atoms with Gasteiger partial charge in [0.1, 0.15) is 10.6 Å². The van der Waals surface area contributed by atoms with Gasteiger partial charge in [-0.3, -0.25) is 0 Å². The van der Waals surface area contributed by atoms with Crippen molar-refractivity contribution in [3.63, 3.8) is 0 Å². The summed E-state index contributed by atoms with van der Waals surface area (Å²) in [7, 11) is 0. The smallest absolute Gasteiger partial charge is 0.410 e. The summed E-state index contributed by atoms with van der Waals surface area (Å²) in [5.41, 5.74) is -0.442. The second-order valence-corrected chi connectivity index (χ2v) is 7.32. The zero-order valence-electron chi connectivity index (χ0n) is 13.1. The van der Waals surface area contributed by atoms with Crippen LogP contribution in [0.15, 0.2) is 6.20 Å². The van der Waals surface area contributed by atoms with Crippen molar-refractivity contribution >= 4 is 22.6 Å². The van der Waals surface area contributed by atoms with E-state index in [1.165, 1.54) is 11.5 Å². The summed E-state index contributed by atoms with van der Waals surface area (Å²) in [6, 6.07) is 0.503. The number of nitrogens with zero attached hydrogens (tertiary/aromatic N) is 3. The molecule has 2 heterocycles. The van der Waals surface area contributed by atoms with Crippen LogP contribution in [0.3, 0.4) is 0 Å². The van der Waals surface area contributed by atoms with Crippen molar-refractivity contribution in [2.24, 2.45) is 0 Å². The minimum absolute atomic E-state index is 0.198. The normalized spacial score (nSPS) is 20.4. The Bertz CT molecular complexity index is 458. The van der Waals surface area contributed by atoms with Crippen molar-refractivity contribution in [3.8, 4) is 0 Å². The lowest BCUT2D eigenvalue weighted by molar-refractivity contribution is 0.0218. The van der Waals surface area contributed by atoms with Gasteiger partial charge in [-0.25, -0.2) is 4.79 Å². The van der Waals surface area contributed by atoms with Crippen LogP contribution >= 0.6 is 11.5 Å². The molecule has 1 amide bonds. The fraction of sp³-hybridized carbons (Fsp3) is 0.786. The van der Waals surface area contributed by atoms with Crippen LogP contribution in [-0.2, 0) is 4.74 Å². The van der Waals surface area contributed by atoms with E-state index in [0.29, 0.717) is 0 Å². The van der Waals surface area contributed by atoms with Crippen LogP contribution in [0.5, 0.6) is 0 Å². The molecule has 0 saturated carbocycles. The Kier molecular flexibility index (Phi) is 5.03. The van der Waals surface area contributed by atoms with Crippen molar-refractivity contribution in [3.05, 3.63) is 6.20 Å². The van der Waals surface area contributed by atoms with E-state index in [1.54, 1.807) is 6.20 Å². The van der Waals surface area contributed by atoms with Gasteiger partial charge < -0.3 is 15.0 Å². The van der Waals surface area contributed by atoms with Crippen molar-refractivity contribution in [2.45, 2.75) is 64.6 Å². The third-order valence-corrected chi connectivity index (χ3v) is 3.98. The topological polar surface area (TPSA) is 67.3 Å². The summed E-state index contributed by atoms with van der Waals surface area (Å²) in [6.07, 6.45) is 4.50. The number of carbonyl (C=O) groups excluding carboxylic acids is 1. The van der Waals surface area contributed by atoms with Crippen LogP contribution in [0.25, 0.3) is 0 Å². The SMILES string of the molecule is CC(CC1CCCN1C(=O)OC(C)(C)C)Nc1cnns1. The van der Waals surface area contributed by atoms with Gasteiger partial charge in [0.2, 0.25) is 0 Å². The molecule has 2 unspecified atom stereocenters. The first-order valence-electron chi connectivity index (χ1n) is 7.38. The molecule has 0 radical (unpaired) electrons. The molecule has 21 heavy (non-hydrogen) atoms. The zero-order chi connectivity index (χ0) is 15.5. The molecule has 2 rings (SSSR count). The molecule has 2 atom stereocenters. The highest BCUT2D eigenvalue weighted by Gasteiger charge is 2.32. The minimum atomic E-state index is -0.442. The van der Waals surface area contributed by atoms with E-state index in [2.05, 4.69) is 21.8 Å². The lowest BCUT2D eigenvalue weighted by Gasteiger charge is -2.30. The first kappa shape index (κ1) is 16.0. The molecule has 1 aromatic heterocycles. The van der Waals surface area contributed by atoms with E-state index < -0.39 is 5.60 Å². The Morgan fingerprint density at radius 2 is 2.38 bits per heavy atom. The van der Waals surface area contributed by atoms with E-state index >= 15 is 0 Å². The summed E-state index contributed by atoms with van der Waals surface area (Å²) < 4.78 is 9.32. The van der Waals surface area contributed by atoms with Gasteiger partial charge in [-0.15, -0.1) is 5.10 Å². The quantitative estimate of drug-likeness (QED) is 0.925. The predicted octanol–water partition coefficient (Wildman–Crippen LogP) is 3.13. The number of ether oxygens (including phenoxy) is 1. The van der Waals surface area contributed by atoms with E-state index in [-0.39, 0.29) is 18.2 Å². The van der Waals surface area contributed by atoms with Gasteiger partial charge in [0.25, 0.3) is 0 Å². The third kappa shape index (κ3) is 4.84. The van der Waals surface area contributed by atoms with E-state index in [0.717, 1.165) is 30.8 Å². The molecular formula is C14H24N4O2S. The number of hydrogen-bond acceptors (Lipinski definition) is 6. The standard InChI is InChI=1S/C14H24N4O2S/c1-10(16-12-9-15-17-21-12)8-11-6-5-7-18(11)13(19)20-14(2,3)4/h9-11,16H,5-8H2,1-4H3. The molecule has 1 aliphatic rings. The largest absolute Gasteiger partial charge is 0.444 e. The van der Waals surface area contributed by atoms with Crippen LogP contribution in [0.4, 0.5) is 9.80 Å². The lowest BCUT2D eigenvalue weighted by atomic mass is 10.1. The van der Waals surface area contributed by atoms with Gasteiger partial charge in [0.05, 0.1) is 6.20 Å². The Morgan fingerprint density at radius 3 is 3.00 bits per heavy atom. The summed E-state index contributed by atoms with van der Waals surface area (Å²) in [6.45, 7) is 8.60. The molecule has 1 aromatic rings. The van der Waals surface area contributed by atoms with Crippen molar-refractivity contribution in [1.29, 1.82) is 0 Å². The maximum atomic E-state index is 12.2. The van der Waals surface area contributed by atoms with Gasteiger partial charge in [-0.2, -0.15) is 0 Å². The van der Waals surface area contributed by atoms with Crippen LogP contribution in [0.2, 0.25) is 0 Å². The van der Waals surface area contributed by atoms with Crippen LogP contribution < -0.4 is 5.32 Å². The first-order valence-corrected chi connectivity index (χ1v) is 8.16. The van der Waals surface area contributed by atoms with Crippen molar-refractivity contribution in [1.82, 2.24) is 14.5 Å².